The summed E-state index contributed by atoms with van der Waals surface area (Å²) in [5, 5.41) is 0. The maximum atomic E-state index is 12.5. The Morgan fingerprint density at radius 2 is 2.21 bits per heavy atom. The Kier molecular flexibility index (Phi) is 4.79. The second kappa shape index (κ2) is 7.17. The van der Waals surface area contributed by atoms with Gasteiger partial charge in [-0.05, 0) is 48.7 Å². The van der Waals surface area contributed by atoms with Crippen LogP contribution in [0.25, 0.3) is 6.08 Å². The quantitative estimate of drug-likeness (QED) is 0.793. The summed E-state index contributed by atoms with van der Waals surface area (Å²) in [6, 6.07) is 7.57. The molecule has 0 saturated heterocycles. The number of benzene rings is 1. The number of fused-ring (bicyclic) bond motifs is 1. The van der Waals surface area contributed by atoms with Gasteiger partial charge in [-0.15, -0.1) is 0 Å². The first kappa shape index (κ1) is 16.1. The molecule has 3 rings (SSSR count). The van der Waals surface area contributed by atoms with Gasteiger partial charge in [0.2, 0.25) is 0 Å². The number of pyridine rings is 1. The Hall–Kier alpha value is -2.82. The Bertz CT molecular complexity index is 771. The Morgan fingerprint density at radius 1 is 1.33 bits per heavy atom. The molecule has 0 spiro atoms. The largest absolute Gasteiger partial charge is 0.493 e. The van der Waals surface area contributed by atoms with Gasteiger partial charge in [-0.1, -0.05) is 6.07 Å². The van der Waals surface area contributed by atoms with Gasteiger partial charge < -0.3 is 14.4 Å². The van der Waals surface area contributed by atoms with E-state index in [4.69, 9.17) is 9.47 Å². The number of aromatic nitrogens is 1. The van der Waals surface area contributed by atoms with Crippen LogP contribution in [0, 0.1) is 0 Å². The van der Waals surface area contributed by atoms with Crippen molar-refractivity contribution < 1.29 is 14.3 Å². The zero-order valence-corrected chi connectivity index (χ0v) is 13.9. The number of hydrogen-bond acceptors (Lipinski definition) is 4. The average molecular weight is 324 g/mol. The number of rotatable bonds is 5. The number of ether oxygens (including phenoxy) is 2. The third-order valence-corrected chi connectivity index (χ3v) is 3.96. The molecule has 1 aliphatic heterocycles. The lowest BCUT2D eigenvalue weighted by molar-refractivity contribution is -0.114. The second-order valence-electron chi connectivity index (χ2n) is 5.42. The van der Waals surface area contributed by atoms with E-state index < -0.39 is 0 Å². The summed E-state index contributed by atoms with van der Waals surface area (Å²) in [6.45, 7) is 3.19. The fourth-order valence-corrected chi connectivity index (χ4v) is 2.77. The molecule has 0 unspecified atom stereocenters. The van der Waals surface area contributed by atoms with Crippen molar-refractivity contribution in [2.24, 2.45) is 0 Å². The summed E-state index contributed by atoms with van der Waals surface area (Å²) >= 11 is 0. The minimum Gasteiger partial charge on any atom is -0.493 e. The summed E-state index contributed by atoms with van der Waals surface area (Å²) in [6.07, 6.45) is 7.74. The van der Waals surface area contributed by atoms with Crippen LogP contribution in [0.1, 0.15) is 18.1 Å². The van der Waals surface area contributed by atoms with Gasteiger partial charge in [-0.25, -0.2) is 0 Å². The van der Waals surface area contributed by atoms with Gasteiger partial charge in [0.1, 0.15) is 0 Å². The topological polar surface area (TPSA) is 51.7 Å². The molecule has 0 N–H and O–H groups in total. The SMILES string of the molecule is CCOc1ccc(C=CC(=O)N2CCc3ccncc32)cc1OC. The monoisotopic (exact) mass is 324 g/mol. The van der Waals surface area contributed by atoms with Gasteiger partial charge in [-0.2, -0.15) is 0 Å². The maximum absolute atomic E-state index is 12.5. The molecule has 0 atom stereocenters. The van der Waals surface area contributed by atoms with Gasteiger partial charge in [-0.3, -0.25) is 9.78 Å². The molecule has 24 heavy (non-hydrogen) atoms. The Balaban J connectivity index is 1.75. The van der Waals surface area contributed by atoms with Gasteiger partial charge in [0.15, 0.2) is 11.5 Å². The van der Waals surface area contributed by atoms with E-state index in [0.29, 0.717) is 24.7 Å². The van der Waals surface area contributed by atoms with Crippen LogP contribution in [0.5, 0.6) is 11.5 Å². The predicted octanol–water partition coefficient (Wildman–Crippen LogP) is 3.09. The molecule has 1 amide bonds. The van der Waals surface area contributed by atoms with Gasteiger partial charge in [0.05, 0.1) is 25.6 Å². The number of nitrogens with zero attached hydrogens (tertiary/aromatic N) is 2. The first-order valence-electron chi connectivity index (χ1n) is 7.96. The molecule has 5 heteroatoms. The molecule has 2 heterocycles. The maximum Gasteiger partial charge on any atom is 0.251 e. The van der Waals surface area contributed by atoms with Crippen LogP contribution in [0.4, 0.5) is 5.69 Å². The Morgan fingerprint density at radius 3 is 3.00 bits per heavy atom. The normalized spacial score (nSPS) is 13.2. The zero-order valence-electron chi connectivity index (χ0n) is 13.9. The molecule has 0 saturated carbocycles. The van der Waals surface area contributed by atoms with Crippen molar-refractivity contribution in [3.8, 4) is 11.5 Å². The summed E-state index contributed by atoms with van der Waals surface area (Å²) in [7, 11) is 1.60. The highest BCUT2D eigenvalue weighted by molar-refractivity contribution is 6.05. The zero-order chi connectivity index (χ0) is 16.9. The van der Waals surface area contributed by atoms with Crippen molar-refractivity contribution in [3.63, 3.8) is 0 Å². The highest BCUT2D eigenvalue weighted by atomic mass is 16.5. The van der Waals surface area contributed by atoms with Crippen LogP contribution in [-0.2, 0) is 11.2 Å². The summed E-state index contributed by atoms with van der Waals surface area (Å²) in [4.78, 5) is 18.3. The summed E-state index contributed by atoms with van der Waals surface area (Å²) < 4.78 is 10.8. The van der Waals surface area contributed by atoms with Crippen molar-refractivity contribution in [1.82, 2.24) is 4.98 Å². The van der Waals surface area contributed by atoms with Crippen molar-refractivity contribution in [3.05, 3.63) is 53.9 Å². The van der Waals surface area contributed by atoms with Crippen LogP contribution in [-0.4, -0.2) is 31.2 Å². The molecule has 124 valence electrons. The minimum absolute atomic E-state index is 0.0467. The van der Waals surface area contributed by atoms with E-state index in [1.807, 2.05) is 31.2 Å². The molecule has 1 aromatic carbocycles. The summed E-state index contributed by atoms with van der Waals surface area (Å²) in [5.74, 6) is 1.31. The lowest BCUT2D eigenvalue weighted by atomic mass is 10.2. The molecule has 5 nitrogen and oxygen atoms in total. The first-order valence-corrected chi connectivity index (χ1v) is 7.96. The standard InChI is InChI=1S/C19H20N2O3/c1-3-24-17-6-4-14(12-18(17)23-2)5-7-19(22)21-11-9-15-8-10-20-13-16(15)21/h4-8,10,12-13H,3,9,11H2,1-2H3. The average Bonchev–Trinajstić information content (AvgIpc) is 3.05. The van der Waals surface area contributed by atoms with E-state index in [1.54, 1.807) is 36.6 Å². The van der Waals surface area contributed by atoms with Crippen LogP contribution < -0.4 is 14.4 Å². The van der Waals surface area contributed by atoms with E-state index in [2.05, 4.69) is 4.98 Å². The number of carbonyl (C=O) groups excluding carboxylic acids is 1. The van der Waals surface area contributed by atoms with E-state index in [1.165, 1.54) is 0 Å². The number of carbonyl (C=O) groups is 1. The van der Waals surface area contributed by atoms with Gasteiger partial charge in [0, 0.05) is 18.8 Å². The predicted molar refractivity (Wildman–Crippen MR) is 93.5 cm³/mol. The first-order chi connectivity index (χ1) is 11.7. The number of amides is 1. The van der Waals surface area contributed by atoms with Crippen LogP contribution in [0.3, 0.4) is 0 Å². The number of hydrogen-bond donors (Lipinski definition) is 0. The summed E-state index contributed by atoms with van der Waals surface area (Å²) in [5.41, 5.74) is 2.94. The molecule has 0 radical (unpaired) electrons. The highest BCUT2D eigenvalue weighted by Crippen LogP contribution is 2.29. The van der Waals surface area contributed by atoms with E-state index in [9.17, 15) is 4.79 Å². The molecule has 2 aromatic rings. The molecule has 0 bridgehead atoms. The fourth-order valence-electron chi connectivity index (χ4n) is 2.77. The smallest absolute Gasteiger partial charge is 0.251 e. The van der Waals surface area contributed by atoms with E-state index >= 15 is 0 Å². The van der Waals surface area contributed by atoms with Gasteiger partial charge in [0.25, 0.3) is 5.91 Å². The second-order valence-corrected chi connectivity index (χ2v) is 5.42. The molecule has 1 aliphatic rings. The Labute approximate surface area is 141 Å². The van der Waals surface area contributed by atoms with Gasteiger partial charge >= 0.3 is 0 Å². The number of anilines is 1. The molecule has 1 aromatic heterocycles. The van der Waals surface area contributed by atoms with Crippen LogP contribution in [0.2, 0.25) is 0 Å². The van der Waals surface area contributed by atoms with Crippen molar-refractivity contribution in [2.45, 2.75) is 13.3 Å². The van der Waals surface area contributed by atoms with Crippen molar-refractivity contribution >= 4 is 17.7 Å². The van der Waals surface area contributed by atoms with E-state index in [-0.39, 0.29) is 5.91 Å². The third kappa shape index (κ3) is 3.25. The molecule has 0 fully saturated rings. The lowest BCUT2D eigenvalue weighted by Gasteiger charge is -2.14. The fraction of sp³-hybridized carbons (Fsp3) is 0.263. The molecular formula is C19H20N2O3. The minimum atomic E-state index is -0.0467. The molecular weight excluding hydrogens is 304 g/mol. The number of methoxy groups -OCH3 is 1. The van der Waals surface area contributed by atoms with Crippen molar-refractivity contribution in [2.75, 3.05) is 25.2 Å². The van der Waals surface area contributed by atoms with Crippen molar-refractivity contribution in [1.29, 1.82) is 0 Å². The van der Waals surface area contributed by atoms with Crippen LogP contribution >= 0.6 is 0 Å². The molecule has 0 aliphatic carbocycles. The van der Waals surface area contributed by atoms with E-state index in [0.717, 1.165) is 23.2 Å². The lowest BCUT2D eigenvalue weighted by Crippen LogP contribution is -2.26. The third-order valence-electron chi connectivity index (χ3n) is 3.96. The van der Waals surface area contributed by atoms with Crippen LogP contribution in [0.15, 0.2) is 42.7 Å². The highest BCUT2D eigenvalue weighted by Gasteiger charge is 2.22.